The maximum atomic E-state index is 12.6. The number of rotatable bonds is 8. The summed E-state index contributed by atoms with van der Waals surface area (Å²) in [6, 6.07) is 14.0. The Hall–Kier alpha value is -1.89. The molecule has 0 atom stereocenters. The van der Waals surface area contributed by atoms with Crippen molar-refractivity contribution in [2.75, 3.05) is 13.6 Å². The number of benzene rings is 2. The molecule has 2 aromatic rings. The lowest BCUT2D eigenvalue weighted by Crippen LogP contribution is -2.33. The molecule has 1 amide bonds. The normalized spacial score (nSPS) is 11.8. The molecule has 0 radical (unpaired) electrons. The van der Waals surface area contributed by atoms with Crippen molar-refractivity contribution in [3.8, 4) is 0 Å². The van der Waals surface area contributed by atoms with Crippen LogP contribution in [0.4, 0.5) is 0 Å². The van der Waals surface area contributed by atoms with Crippen LogP contribution in [0, 0.1) is 0 Å². The van der Waals surface area contributed by atoms with Crippen LogP contribution < -0.4 is 5.32 Å². The summed E-state index contributed by atoms with van der Waals surface area (Å²) >= 11 is 6.12. The molecule has 5 nitrogen and oxygen atoms in total. The van der Waals surface area contributed by atoms with Crippen LogP contribution in [0.2, 0.25) is 5.02 Å². The van der Waals surface area contributed by atoms with Crippen molar-refractivity contribution >= 4 is 27.5 Å². The zero-order chi connectivity index (χ0) is 20.0. The number of sulfonamides is 1. The maximum Gasteiger partial charge on any atom is 0.252 e. The summed E-state index contributed by atoms with van der Waals surface area (Å²) in [5.74, 6) is -0.377. The first-order valence-corrected chi connectivity index (χ1v) is 10.6. The zero-order valence-electron chi connectivity index (χ0n) is 15.8. The summed E-state index contributed by atoms with van der Waals surface area (Å²) in [4.78, 5) is 12.5. The Bertz CT molecular complexity index is 883. The molecular weight excluding hydrogens is 384 g/mol. The van der Waals surface area contributed by atoms with Crippen molar-refractivity contribution in [3.63, 3.8) is 0 Å². The van der Waals surface area contributed by atoms with Crippen molar-refractivity contribution < 1.29 is 13.2 Å². The van der Waals surface area contributed by atoms with Crippen LogP contribution in [0.3, 0.4) is 0 Å². The van der Waals surface area contributed by atoms with Gasteiger partial charge in [0.05, 0.1) is 15.5 Å². The molecule has 0 spiro atoms. The third kappa shape index (κ3) is 5.54. The Morgan fingerprint density at radius 3 is 2.44 bits per heavy atom. The Labute approximate surface area is 166 Å². The molecule has 0 unspecified atom stereocenters. The average molecular weight is 409 g/mol. The van der Waals surface area contributed by atoms with Crippen LogP contribution in [0.15, 0.2) is 53.4 Å². The van der Waals surface area contributed by atoms with Crippen LogP contribution in [0.1, 0.15) is 36.2 Å². The minimum Gasteiger partial charge on any atom is -0.352 e. The van der Waals surface area contributed by atoms with Gasteiger partial charge in [-0.1, -0.05) is 41.9 Å². The van der Waals surface area contributed by atoms with E-state index in [9.17, 15) is 13.2 Å². The standard InChI is InChI=1S/C20H25ClN2O3S/c1-15(2)23(3)27(25,26)17-11-12-19(21)18(14-17)20(24)22-13-7-10-16-8-5-4-6-9-16/h4-6,8-9,11-12,14-15H,7,10,13H2,1-3H3,(H,22,24). The van der Waals surface area contributed by atoms with Gasteiger partial charge in [-0.3, -0.25) is 4.79 Å². The predicted octanol–water partition coefficient (Wildman–Crippen LogP) is 3.73. The van der Waals surface area contributed by atoms with Gasteiger partial charge in [-0.25, -0.2) is 8.42 Å². The molecule has 0 aliphatic carbocycles. The number of hydrogen-bond donors (Lipinski definition) is 1. The second-order valence-corrected chi connectivity index (χ2v) is 9.01. The summed E-state index contributed by atoms with van der Waals surface area (Å²) in [7, 11) is -2.17. The van der Waals surface area contributed by atoms with Gasteiger partial charge < -0.3 is 5.32 Å². The van der Waals surface area contributed by atoms with Crippen LogP contribution in [-0.2, 0) is 16.4 Å². The largest absolute Gasteiger partial charge is 0.352 e. The van der Waals surface area contributed by atoms with Crippen molar-refractivity contribution in [1.29, 1.82) is 0 Å². The molecule has 0 aliphatic rings. The van der Waals surface area contributed by atoms with Crippen LogP contribution in [0.5, 0.6) is 0 Å². The van der Waals surface area contributed by atoms with E-state index in [1.54, 1.807) is 13.8 Å². The van der Waals surface area contributed by atoms with Crippen molar-refractivity contribution in [3.05, 3.63) is 64.7 Å². The number of nitrogens with zero attached hydrogens (tertiary/aromatic N) is 1. The lowest BCUT2D eigenvalue weighted by atomic mass is 10.1. The highest BCUT2D eigenvalue weighted by Crippen LogP contribution is 2.23. The highest BCUT2D eigenvalue weighted by atomic mass is 35.5. The van der Waals surface area contributed by atoms with Gasteiger partial charge in [-0.05, 0) is 50.5 Å². The molecule has 7 heteroatoms. The molecule has 0 aromatic heterocycles. The monoisotopic (exact) mass is 408 g/mol. The molecule has 0 fully saturated rings. The molecule has 0 saturated heterocycles. The maximum absolute atomic E-state index is 12.6. The van der Waals surface area contributed by atoms with Gasteiger partial charge in [0.1, 0.15) is 0 Å². The molecule has 0 heterocycles. The van der Waals surface area contributed by atoms with E-state index in [-0.39, 0.29) is 27.4 Å². The molecule has 0 aliphatic heterocycles. The summed E-state index contributed by atoms with van der Waals surface area (Å²) in [6.45, 7) is 4.05. The molecule has 146 valence electrons. The summed E-state index contributed by atoms with van der Waals surface area (Å²) in [6.07, 6.45) is 1.63. The van der Waals surface area contributed by atoms with Crippen LogP contribution in [-0.4, -0.2) is 38.3 Å². The van der Waals surface area contributed by atoms with E-state index in [0.717, 1.165) is 12.8 Å². The number of carbonyl (C=O) groups excluding carboxylic acids is 1. The number of hydrogen-bond acceptors (Lipinski definition) is 3. The Morgan fingerprint density at radius 1 is 1.15 bits per heavy atom. The predicted molar refractivity (Wildman–Crippen MR) is 109 cm³/mol. The van der Waals surface area contributed by atoms with Gasteiger partial charge in [0.2, 0.25) is 10.0 Å². The summed E-state index contributed by atoms with van der Waals surface area (Å²) in [5.41, 5.74) is 1.37. The number of halogens is 1. The fraction of sp³-hybridized carbons (Fsp3) is 0.350. The van der Waals surface area contributed by atoms with E-state index in [1.165, 1.54) is 35.1 Å². The van der Waals surface area contributed by atoms with Crippen molar-refractivity contribution in [2.45, 2.75) is 37.6 Å². The Balaban J connectivity index is 2.05. The smallest absolute Gasteiger partial charge is 0.252 e. The van der Waals surface area contributed by atoms with E-state index >= 15 is 0 Å². The molecule has 27 heavy (non-hydrogen) atoms. The molecular formula is C20H25ClN2O3S. The van der Waals surface area contributed by atoms with E-state index in [1.807, 2.05) is 30.3 Å². The van der Waals surface area contributed by atoms with Crippen molar-refractivity contribution in [2.24, 2.45) is 0 Å². The van der Waals surface area contributed by atoms with Gasteiger partial charge >= 0.3 is 0 Å². The van der Waals surface area contributed by atoms with Gasteiger partial charge in [-0.2, -0.15) is 4.31 Å². The van der Waals surface area contributed by atoms with Gasteiger partial charge in [0.15, 0.2) is 0 Å². The summed E-state index contributed by atoms with van der Waals surface area (Å²) in [5, 5.41) is 3.03. The van der Waals surface area contributed by atoms with Gasteiger partial charge in [0.25, 0.3) is 5.91 Å². The SMILES string of the molecule is CC(C)N(C)S(=O)(=O)c1ccc(Cl)c(C(=O)NCCCc2ccccc2)c1. The van der Waals surface area contributed by atoms with Crippen LogP contribution >= 0.6 is 11.6 Å². The first kappa shape index (κ1) is 21.4. The van der Waals surface area contributed by atoms with Crippen molar-refractivity contribution in [1.82, 2.24) is 9.62 Å². The third-order valence-electron chi connectivity index (χ3n) is 4.36. The zero-order valence-corrected chi connectivity index (χ0v) is 17.3. The third-order valence-corrected chi connectivity index (χ3v) is 6.72. The number of amides is 1. The number of carbonyl (C=O) groups is 1. The second kappa shape index (κ2) is 9.35. The quantitative estimate of drug-likeness (QED) is 0.677. The van der Waals surface area contributed by atoms with E-state index < -0.39 is 10.0 Å². The first-order valence-electron chi connectivity index (χ1n) is 8.83. The topological polar surface area (TPSA) is 66.5 Å². The van der Waals surface area contributed by atoms with Crippen LogP contribution in [0.25, 0.3) is 0 Å². The molecule has 0 bridgehead atoms. The fourth-order valence-electron chi connectivity index (χ4n) is 2.52. The highest BCUT2D eigenvalue weighted by molar-refractivity contribution is 7.89. The first-order chi connectivity index (χ1) is 12.7. The average Bonchev–Trinajstić information content (AvgIpc) is 2.65. The second-order valence-electron chi connectivity index (χ2n) is 6.60. The Morgan fingerprint density at radius 2 is 1.81 bits per heavy atom. The lowest BCUT2D eigenvalue weighted by Gasteiger charge is -2.21. The number of aryl methyl sites for hydroxylation is 1. The van der Waals surface area contributed by atoms with E-state index in [0.29, 0.717) is 6.54 Å². The number of nitrogens with one attached hydrogen (secondary N) is 1. The minimum atomic E-state index is -3.68. The fourth-order valence-corrected chi connectivity index (χ4v) is 4.11. The van der Waals surface area contributed by atoms with Gasteiger partial charge in [-0.15, -0.1) is 0 Å². The lowest BCUT2D eigenvalue weighted by molar-refractivity contribution is 0.0953. The molecule has 2 aromatic carbocycles. The van der Waals surface area contributed by atoms with E-state index in [4.69, 9.17) is 11.6 Å². The molecule has 2 rings (SSSR count). The summed E-state index contributed by atoms with van der Waals surface area (Å²) < 4.78 is 26.5. The van der Waals surface area contributed by atoms with E-state index in [2.05, 4.69) is 5.32 Å². The highest BCUT2D eigenvalue weighted by Gasteiger charge is 2.24. The molecule has 1 N–H and O–H groups in total. The Kier molecular flexibility index (Phi) is 7.41. The van der Waals surface area contributed by atoms with Gasteiger partial charge in [0, 0.05) is 19.6 Å². The minimum absolute atomic E-state index is 0.0533. The molecule has 0 saturated carbocycles.